The van der Waals surface area contributed by atoms with E-state index in [0.29, 0.717) is 17.3 Å². The Hall–Kier alpha value is -3.75. The Morgan fingerprint density at radius 2 is 1.90 bits per heavy atom. The van der Waals surface area contributed by atoms with E-state index in [1.807, 2.05) is 25.1 Å². The van der Waals surface area contributed by atoms with Gasteiger partial charge in [0.2, 0.25) is 5.88 Å². The van der Waals surface area contributed by atoms with E-state index in [1.165, 1.54) is 7.11 Å². The molecule has 4 rings (SSSR count). The summed E-state index contributed by atoms with van der Waals surface area (Å²) in [5, 5.41) is 11.4. The van der Waals surface area contributed by atoms with Crippen LogP contribution in [-0.4, -0.2) is 33.8 Å². The standard InChI is InChI=1S/C21H19F2N5O2/c1-12-6-20(30-3)25-9-15(12)14-4-5-19(28-11-26-27-21(14)28)24-10-16-17(23)7-13(22)8-18(16)29-2/h4-9,11,24H,10H2,1-3H3. The summed E-state index contributed by atoms with van der Waals surface area (Å²) in [6.07, 6.45) is 3.29. The Bertz CT molecular complexity index is 1230. The second-order valence-corrected chi connectivity index (χ2v) is 6.62. The minimum atomic E-state index is -0.692. The van der Waals surface area contributed by atoms with Crippen molar-refractivity contribution in [2.24, 2.45) is 0 Å². The van der Waals surface area contributed by atoms with Crippen molar-refractivity contribution in [3.63, 3.8) is 0 Å². The highest BCUT2D eigenvalue weighted by Crippen LogP contribution is 2.30. The summed E-state index contributed by atoms with van der Waals surface area (Å²) in [4.78, 5) is 4.28. The molecule has 0 amide bonds. The van der Waals surface area contributed by atoms with Gasteiger partial charge in [-0.1, -0.05) is 0 Å². The number of aryl methyl sites for hydroxylation is 1. The van der Waals surface area contributed by atoms with Gasteiger partial charge in [0.05, 0.1) is 14.2 Å². The first-order valence-electron chi connectivity index (χ1n) is 9.11. The van der Waals surface area contributed by atoms with Crippen molar-refractivity contribution in [1.29, 1.82) is 0 Å². The van der Waals surface area contributed by atoms with Crippen LogP contribution in [0.4, 0.5) is 14.6 Å². The smallest absolute Gasteiger partial charge is 0.213 e. The van der Waals surface area contributed by atoms with Gasteiger partial charge in [0.15, 0.2) is 5.65 Å². The number of hydrogen-bond donors (Lipinski definition) is 1. The molecule has 0 atom stereocenters. The van der Waals surface area contributed by atoms with Crippen molar-refractivity contribution in [1.82, 2.24) is 19.6 Å². The van der Waals surface area contributed by atoms with Crippen LogP contribution in [0.15, 0.2) is 42.9 Å². The number of nitrogens with one attached hydrogen (secondary N) is 1. The van der Waals surface area contributed by atoms with Crippen molar-refractivity contribution in [3.8, 4) is 22.8 Å². The van der Waals surface area contributed by atoms with E-state index in [2.05, 4.69) is 20.5 Å². The number of halogens is 2. The Balaban J connectivity index is 1.69. The molecule has 0 saturated carbocycles. The molecule has 1 aromatic carbocycles. The predicted octanol–water partition coefficient (Wildman–Crippen LogP) is 4.01. The molecular weight excluding hydrogens is 392 g/mol. The van der Waals surface area contributed by atoms with E-state index in [-0.39, 0.29) is 17.9 Å². The topological polar surface area (TPSA) is 73.6 Å². The molecule has 9 heteroatoms. The average molecular weight is 411 g/mol. The molecule has 3 heterocycles. The zero-order chi connectivity index (χ0) is 21.3. The van der Waals surface area contributed by atoms with Gasteiger partial charge in [-0.15, -0.1) is 10.2 Å². The number of anilines is 1. The van der Waals surface area contributed by atoms with Crippen LogP contribution in [0.1, 0.15) is 11.1 Å². The number of aromatic nitrogens is 4. The molecule has 0 aliphatic heterocycles. The van der Waals surface area contributed by atoms with Gasteiger partial charge in [-0.3, -0.25) is 4.40 Å². The molecule has 30 heavy (non-hydrogen) atoms. The minimum absolute atomic E-state index is 0.0883. The number of ether oxygens (including phenoxy) is 2. The summed E-state index contributed by atoms with van der Waals surface area (Å²) in [6.45, 7) is 2.05. The number of methoxy groups -OCH3 is 2. The van der Waals surface area contributed by atoms with E-state index in [4.69, 9.17) is 9.47 Å². The van der Waals surface area contributed by atoms with Gasteiger partial charge in [0, 0.05) is 47.6 Å². The van der Waals surface area contributed by atoms with Gasteiger partial charge in [-0.05, 0) is 24.6 Å². The fourth-order valence-corrected chi connectivity index (χ4v) is 3.30. The summed E-state index contributed by atoms with van der Waals surface area (Å²) in [5.74, 6) is -0.0690. The van der Waals surface area contributed by atoms with E-state index < -0.39 is 11.6 Å². The van der Waals surface area contributed by atoms with E-state index in [0.717, 1.165) is 28.8 Å². The Kier molecular flexibility index (Phi) is 5.18. The third-order valence-electron chi connectivity index (χ3n) is 4.83. The molecule has 0 aliphatic rings. The van der Waals surface area contributed by atoms with Gasteiger partial charge in [-0.25, -0.2) is 13.8 Å². The van der Waals surface area contributed by atoms with Crippen LogP contribution in [0, 0.1) is 18.6 Å². The first-order chi connectivity index (χ1) is 14.5. The van der Waals surface area contributed by atoms with E-state index in [9.17, 15) is 8.78 Å². The van der Waals surface area contributed by atoms with Crippen molar-refractivity contribution >= 4 is 11.5 Å². The normalized spacial score (nSPS) is 11.0. The number of hydrogen-bond acceptors (Lipinski definition) is 6. The van der Waals surface area contributed by atoms with Gasteiger partial charge < -0.3 is 14.8 Å². The maximum Gasteiger partial charge on any atom is 0.213 e. The number of benzene rings is 1. The Morgan fingerprint density at radius 3 is 2.63 bits per heavy atom. The van der Waals surface area contributed by atoms with Crippen molar-refractivity contribution in [2.45, 2.75) is 13.5 Å². The van der Waals surface area contributed by atoms with Crippen LogP contribution in [0.25, 0.3) is 16.8 Å². The Morgan fingerprint density at radius 1 is 1.07 bits per heavy atom. The van der Waals surface area contributed by atoms with Crippen LogP contribution in [0.3, 0.4) is 0 Å². The monoisotopic (exact) mass is 411 g/mol. The van der Waals surface area contributed by atoms with Crippen LogP contribution in [0.2, 0.25) is 0 Å². The van der Waals surface area contributed by atoms with Gasteiger partial charge in [-0.2, -0.15) is 0 Å². The highest BCUT2D eigenvalue weighted by molar-refractivity contribution is 5.80. The second kappa shape index (κ2) is 7.94. The zero-order valence-corrected chi connectivity index (χ0v) is 16.6. The molecular formula is C21H19F2N5O2. The molecule has 0 fully saturated rings. The maximum absolute atomic E-state index is 14.2. The lowest BCUT2D eigenvalue weighted by atomic mass is 10.0. The molecule has 0 spiro atoms. The summed E-state index contributed by atoms with van der Waals surface area (Å²) >= 11 is 0. The summed E-state index contributed by atoms with van der Waals surface area (Å²) in [7, 11) is 2.94. The molecule has 7 nitrogen and oxygen atoms in total. The first kappa shape index (κ1) is 19.6. The fourth-order valence-electron chi connectivity index (χ4n) is 3.30. The number of rotatable bonds is 6. The van der Waals surface area contributed by atoms with Crippen molar-refractivity contribution in [3.05, 3.63) is 65.6 Å². The lowest BCUT2D eigenvalue weighted by molar-refractivity contribution is 0.397. The highest BCUT2D eigenvalue weighted by atomic mass is 19.1. The van der Waals surface area contributed by atoms with Crippen LogP contribution in [0.5, 0.6) is 11.6 Å². The van der Waals surface area contributed by atoms with Crippen LogP contribution >= 0.6 is 0 Å². The van der Waals surface area contributed by atoms with Gasteiger partial charge in [0.1, 0.15) is 29.5 Å². The zero-order valence-electron chi connectivity index (χ0n) is 16.6. The third-order valence-corrected chi connectivity index (χ3v) is 4.83. The molecule has 0 bridgehead atoms. The average Bonchev–Trinajstić information content (AvgIpc) is 3.23. The molecule has 3 aromatic heterocycles. The maximum atomic E-state index is 14.2. The van der Waals surface area contributed by atoms with Crippen LogP contribution in [-0.2, 0) is 6.54 Å². The molecule has 0 unspecified atom stereocenters. The van der Waals surface area contributed by atoms with Gasteiger partial charge >= 0.3 is 0 Å². The first-order valence-corrected chi connectivity index (χ1v) is 9.11. The lowest BCUT2D eigenvalue weighted by Gasteiger charge is -2.14. The third kappa shape index (κ3) is 3.49. The quantitative estimate of drug-likeness (QED) is 0.517. The largest absolute Gasteiger partial charge is 0.496 e. The molecule has 4 aromatic rings. The van der Waals surface area contributed by atoms with Gasteiger partial charge in [0.25, 0.3) is 0 Å². The molecule has 0 saturated heterocycles. The summed E-state index contributed by atoms with van der Waals surface area (Å²) < 4.78 is 39.7. The van der Waals surface area contributed by atoms with E-state index >= 15 is 0 Å². The molecule has 1 N–H and O–H groups in total. The molecule has 0 radical (unpaired) electrons. The summed E-state index contributed by atoms with van der Waals surface area (Å²) in [6, 6.07) is 7.55. The predicted molar refractivity (Wildman–Crippen MR) is 108 cm³/mol. The Labute approximate surface area is 171 Å². The SMILES string of the molecule is COc1cc(C)c(-c2ccc(NCc3c(F)cc(F)cc3OC)n3cnnc23)cn1. The number of pyridine rings is 2. The summed E-state index contributed by atoms with van der Waals surface area (Å²) in [5.41, 5.74) is 3.55. The molecule has 154 valence electrons. The number of fused-ring (bicyclic) bond motifs is 1. The molecule has 0 aliphatic carbocycles. The van der Waals surface area contributed by atoms with Crippen LogP contribution < -0.4 is 14.8 Å². The number of nitrogens with zero attached hydrogens (tertiary/aromatic N) is 4. The fraction of sp³-hybridized carbons (Fsp3) is 0.190. The highest BCUT2D eigenvalue weighted by Gasteiger charge is 2.15. The van der Waals surface area contributed by atoms with Crippen molar-refractivity contribution in [2.75, 3.05) is 19.5 Å². The van der Waals surface area contributed by atoms with Crippen molar-refractivity contribution < 1.29 is 18.3 Å². The minimum Gasteiger partial charge on any atom is -0.496 e. The second-order valence-electron chi connectivity index (χ2n) is 6.62. The lowest BCUT2D eigenvalue weighted by Crippen LogP contribution is -2.08. The van der Waals surface area contributed by atoms with E-state index in [1.54, 1.807) is 24.0 Å².